The van der Waals surface area contributed by atoms with E-state index in [2.05, 4.69) is 10.2 Å². The third-order valence-electron chi connectivity index (χ3n) is 4.79. The van der Waals surface area contributed by atoms with Crippen LogP contribution in [0.3, 0.4) is 0 Å². The van der Waals surface area contributed by atoms with Gasteiger partial charge in [-0.3, -0.25) is 9.89 Å². The number of hydrogen-bond donors (Lipinski definition) is 1. The topological polar surface area (TPSA) is 67.5 Å². The van der Waals surface area contributed by atoms with Gasteiger partial charge in [0.25, 0.3) is 5.91 Å². The Morgan fingerprint density at radius 2 is 2.38 bits per heavy atom. The molecule has 21 heavy (non-hydrogen) atoms. The van der Waals surface area contributed by atoms with Crippen LogP contribution in [0, 0.1) is 12.8 Å². The van der Waals surface area contributed by atoms with Crippen LogP contribution in [-0.4, -0.2) is 60.0 Å². The lowest BCUT2D eigenvalue weighted by atomic mass is 9.93. The number of aromatic nitrogens is 2. The number of H-pyrrole nitrogens is 1. The highest BCUT2D eigenvalue weighted by Gasteiger charge is 2.40. The smallest absolute Gasteiger partial charge is 0.257 e. The van der Waals surface area contributed by atoms with Gasteiger partial charge in [-0.05, 0) is 19.8 Å². The maximum Gasteiger partial charge on any atom is 0.257 e. The van der Waals surface area contributed by atoms with Crippen LogP contribution in [0.1, 0.15) is 35.3 Å². The Bertz CT molecular complexity index is 502. The summed E-state index contributed by atoms with van der Waals surface area (Å²) in [6.07, 6.45) is 5.18. The van der Waals surface area contributed by atoms with Crippen molar-refractivity contribution in [1.29, 1.82) is 0 Å². The highest BCUT2D eigenvalue weighted by molar-refractivity contribution is 5.95. The molecule has 1 aliphatic heterocycles. The summed E-state index contributed by atoms with van der Waals surface area (Å²) in [5.74, 6) is 0.419. The Hall–Kier alpha value is -1.40. The van der Waals surface area contributed by atoms with Crippen LogP contribution < -0.4 is 0 Å². The quantitative estimate of drug-likeness (QED) is 0.914. The van der Waals surface area contributed by atoms with Gasteiger partial charge in [-0.25, -0.2) is 0 Å². The number of morpholine rings is 1. The molecule has 2 fully saturated rings. The van der Waals surface area contributed by atoms with Crippen LogP contribution in [0.4, 0.5) is 0 Å². The maximum absolute atomic E-state index is 12.8. The number of amides is 1. The van der Waals surface area contributed by atoms with Crippen LogP contribution in [0.5, 0.6) is 0 Å². The first-order valence-electron chi connectivity index (χ1n) is 7.64. The molecule has 1 saturated carbocycles. The van der Waals surface area contributed by atoms with E-state index in [9.17, 15) is 4.79 Å². The molecule has 3 atom stereocenters. The van der Waals surface area contributed by atoms with Crippen LogP contribution in [0.25, 0.3) is 0 Å². The summed E-state index contributed by atoms with van der Waals surface area (Å²) in [5, 5.41) is 6.80. The third-order valence-corrected chi connectivity index (χ3v) is 4.79. The number of aromatic amines is 1. The Morgan fingerprint density at radius 1 is 1.52 bits per heavy atom. The van der Waals surface area contributed by atoms with Gasteiger partial charge >= 0.3 is 0 Å². The van der Waals surface area contributed by atoms with Crippen molar-refractivity contribution in [1.82, 2.24) is 15.1 Å². The van der Waals surface area contributed by atoms with Crippen LogP contribution in [-0.2, 0) is 9.47 Å². The molecule has 1 amide bonds. The average molecular weight is 293 g/mol. The van der Waals surface area contributed by atoms with Crippen molar-refractivity contribution < 1.29 is 14.3 Å². The second-order valence-corrected chi connectivity index (χ2v) is 5.92. The summed E-state index contributed by atoms with van der Waals surface area (Å²) >= 11 is 0. The zero-order valence-corrected chi connectivity index (χ0v) is 12.7. The van der Waals surface area contributed by atoms with E-state index >= 15 is 0 Å². The van der Waals surface area contributed by atoms with E-state index in [0.717, 1.165) is 25.0 Å². The molecular formula is C15H23N3O3. The number of hydrogen-bond acceptors (Lipinski definition) is 4. The van der Waals surface area contributed by atoms with Crippen molar-refractivity contribution in [2.75, 3.05) is 26.9 Å². The summed E-state index contributed by atoms with van der Waals surface area (Å²) in [6.45, 7) is 3.72. The number of carbonyl (C=O) groups is 1. The number of carbonyl (C=O) groups excluding carboxylic acids is 1. The van der Waals surface area contributed by atoms with Crippen LogP contribution >= 0.6 is 0 Å². The van der Waals surface area contributed by atoms with Crippen molar-refractivity contribution in [2.24, 2.45) is 5.92 Å². The Morgan fingerprint density at radius 3 is 3.10 bits per heavy atom. The van der Waals surface area contributed by atoms with Gasteiger partial charge in [0.05, 0.1) is 37.1 Å². The first kappa shape index (κ1) is 14.5. The second-order valence-electron chi connectivity index (χ2n) is 5.92. The van der Waals surface area contributed by atoms with Crippen LogP contribution in [0.15, 0.2) is 6.20 Å². The summed E-state index contributed by atoms with van der Waals surface area (Å²) in [5.41, 5.74) is 1.48. The van der Waals surface area contributed by atoms with Crippen molar-refractivity contribution in [3.63, 3.8) is 0 Å². The Balaban J connectivity index is 1.81. The fraction of sp³-hybridized carbons (Fsp3) is 0.733. The molecule has 3 rings (SSSR count). The zero-order valence-electron chi connectivity index (χ0n) is 12.7. The van der Waals surface area contributed by atoms with E-state index < -0.39 is 0 Å². The third kappa shape index (κ3) is 2.70. The summed E-state index contributed by atoms with van der Waals surface area (Å²) < 4.78 is 11.2. The van der Waals surface area contributed by atoms with Gasteiger partial charge in [0.2, 0.25) is 0 Å². The molecule has 1 N–H and O–H groups in total. The molecule has 6 nitrogen and oxygen atoms in total. The lowest BCUT2D eigenvalue weighted by molar-refractivity contribution is -0.0460. The van der Waals surface area contributed by atoms with Gasteiger partial charge < -0.3 is 14.4 Å². The van der Waals surface area contributed by atoms with Crippen molar-refractivity contribution in [2.45, 2.75) is 38.3 Å². The molecule has 6 heteroatoms. The van der Waals surface area contributed by atoms with Gasteiger partial charge in [0.1, 0.15) is 0 Å². The van der Waals surface area contributed by atoms with E-state index in [1.54, 1.807) is 13.3 Å². The lowest BCUT2D eigenvalue weighted by Gasteiger charge is -2.40. The van der Waals surface area contributed by atoms with Crippen molar-refractivity contribution in [3.8, 4) is 0 Å². The normalized spacial score (nSPS) is 29.8. The molecule has 0 bridgehead atoms. The van der Waals surface area contributed by atoms with E-state index in [1.807, 2.05) is 11.8 Å². The number of ether oxygens (including phenoxy) is 2. The predicted octanol–water partition coefficient (Wildman–Crippen LogP) is 1.37. The molecular weight excluding hydrogens is 270 g/mol. The van der Waals surface area contributed by atoms with E-state index in [0.29, 0.717) is 31.2 Å². The largest absolute Gasteiger partial charge is 0.381 e. The maximum atomic E-state index is 12.8. The first-order chi connectivity index (χ1) is 10.2. The number of nitrogens with one attached hydrogen (secondary N) is 1. The number of nitrogens with zero attached hydrogens (tertiary/aromatic N) is 2. The highest BCUT2D eigenvalue weighted by Crippen LogP contribution is 2.34. The molecule has 0 radical (unpaired) electrons. The second kappa shape index (κ2) is 6.15. The minimum atomic E-state index is 0.0521. The number of rotatable bonds is 3. The average Bonchev–Trinajstić information content (AvgIpc) is 3.14. The summed E-state index contributed by atoms with van der Waals surface area (Å²) in [6, 6.07) is 0.105. The molecule has 0 aromatic carbocycles. The molecule has 116 valence electrons. The SMILES string of the molecule is CO[C@@H]1CCC[C@H]1[C@H]1COCCN1C(=O)c1cn[nH]c1C. The summed E-state index contributed by atoms with van der Waals surface area (Å²) in [4.78, 5) is 14.8. The zero-order chi connectivity index (χ0) is 14.8. The monoisotopic (exact) mass is 293 g/mol. The lowest BCUT2D eigenvalue weighted by Crippen LogP contribution is -2.53. The number of methoxy groups -OCH3 is 1. The molecule has 1 saturated heterocycles. The summed E-state index contributed by atoms with van der Waals surface area (Å²) in [7, 11) is 1.76. The number of aryl methyl sites for hydroxylation is 1. The molecule has 0 unspecified atom stereocenters. The van der Waals surface area contributed by atoms with Crippen LogP contribution in [0.2, 0.25) is 0 Å². The van der Waals surface area contributed by atoms with Gasteiger partial charge in [0.15, 0.2) is 0 Å². The standard InChI is InChI=1S/C15H23N3O3/c1-10-12(8-16-17-10)15(19)18-6-7-21-9-13(18)11-4-3-5-14(11)20-2/h8,11,13-14H,3-7,9H2,1-2H3,(H,16,17)/t11-,13+,14+/m0/s1. The van der Waals surface area contributed by atoms with E-state index in [-0.39, 0.29) is 18.1 Å². The minimum Gasteiger partial charge on any atom is -0.381 e. The first-order valence-corrected chi connectivity index (χ1v) is 7.64. The van der Waals surface area contributed by atoms with E-state index in [4.69, 9.17) is 9.47 Å². The van der Waals surface area contributed by atoms with Gasteiger partial charge in [-0.2, -0.15) is 5.10 Å². The van der Waals surface area contributed by atoms with Gasteiger partial charge in [0, 0.05) is 25.3 Å². The van der Waals surface area contributed by atoms with Gasteiger partial charge in [-0.1, -0.05) is 6.42 Å². The molecule has 2 heterocycles. The highest BCUT2D eigenvalue weighted by atomic mass is 16.5. The van der Waals surface area contributed by atoms with E-state index in [1.165, 1.54) is 0 Å². The molecule has 2 aliphatic rings. The van der Waals surface area contributed by atoms with Crippen molar-refractivity contribution in [3.05, 3.63) is 17.5 Å². The fourth-order valence-electron chi connectivity index (χ4n) is 3.64. The minimum absolute atomic E-state index is 0.0521. The van der Waals surface area contributed by atoms with Crippen molar-refractivity contribution >= 4 is 5.91 Å². The Labute approximate surface area is 124 Å². The molecule has 1 aromatic heterocycles. The molecule has 1 aromatic rings. The van der Waals surface area contributed by atoms with Gasteiger partial charge in [-0.15, -0.1) is 0 Å². The molecule has 1 aliphatic carbocycles. The predicted molar refractivity (Wildman–Crippen MR) is 77.1 cm³/mol. The molecule has 0 spiro atoms. The Kier molecular flexibility index (Phi) is 4.26. The fourth-order valence-corrected chi connectivity index (χ4v) is 3.64.